The lowest BCUT2D eigenvalue weighted by atomic mass is 9.95. The van der Waals surface area contributed by atoms with Gasteiger partial charge in [-0.05, 0) is 142 Å². The molecule has 1 saturated carbocycles. The third-order valence-corrected chi connectivity index (χ3v) is 21.1. The zero-order valence-electron chi connectivity index (χ0n) is 63.4. The van der Waals surface area contributed by atoms with Crippen LogP contribution in [0.25, 0.3) is 28.1 Å². The summed E-state index contributed by atoms with van der Waals surface area (Å²) in [6, 6.07) is 33.0. The number of fused-ring (bicyclic) bond motifs is 9. The van der Waals surface area contributed by atoms with Crippen molar-refractivity contribution < 1.29 is 76.7 Å². The average molecular weight is 1520 g/mol. The number of hydrogen-bond acceptors (Lipinski definition) is 19. The van der Waals surface area contributed by atoms with E-state index >= 15 is 0 Å². The number of unbranched alkanes of at least 4 members (excludes halogenated alkanes) is 2. The summed E-state index contributed by atoms with van der Waals surface area (Å²) in [7, 11) is 4.62. The van der Waals surface area contributed by atoms with Crippen LogP contribution in [-0.2, 0) is 46.7 Å². The SMILES string of the molecule is COc1ccc(C2=CN3C(=O)c4cc(OC)c(OCCCCCOc5cc6c(cc5OC)C(=O)N5CC7(CC7)C[C@H]5[C@H](O)N6C(=O)OCc5ccc(NC(=O)[C@H](C)NC(=O)[C@@H](NC(=O)CNC(=O)CNC(=O)CCC(=O)N6Cc7ccccc7-c7nnn(C(C)C)c7-c7ccccc76)C(C)C)cc5)cc4NC[C@@H]3C2)cc1. The lowest BCUT2D eigenvalue weighted by Gasteiger charge is -2.31. The Balaban J connectivity index is 0.557. The number of rotatable bonds is 28. The molecular formula is C82H93N13O16. The molecule has 6 heterocycles. The molecular weight excluding hydrogens is 1420 g/mol. The molecule has 7 aromatic rings. The molecule has 5 aliphatic heterocycles. The Morgan fingerprint density at radius 2 is 1.35 bits per heavy atom. The predicted molar refractivity (Wildman–Crippen MR) is 412 cm³/mol. The molecule has 0 radical (unpaired) electrons. The van der Waals surface area contributed by atoms with Crippen LogP contribution in [0.15, 0.2) is 128 Å². The second kappa shape index (κ2) is 33.5. The molecule has 2 fully saturated rings. The van der Waals surface area contributed by atoms with Crippen LogP contribution < -0.4 is 65.4 Å². The number of anilines is 4. The maximum atomic E-state index is 14.5. The van der Waals surface area contributed by atoms with Crippen molar-refractivity contribution in [1.29, 1.82) is 0 Å². The number of benzene rings is 6. The lowest BCUT2D eigenvalue weighted by molar-refractivity contribution is -0.132. The van der Waals surface area contributed by atoms with E-state index in [4.69, 9.17) is 28.4 Å². The lowest BCUT2D eigenvalue weighted by Crippen LogP contribution is -2.55. The van der Waals surface area contributed by atoms with Gasteiger partial charge in [-0.3, -0.25) is 38.4 Å². The number of hydrogen-bond donors (Lipinski definition) is 7. The highest BCUT2D eigenvalue weighted by Gasteiger charge is 2.58. The minimum atomic E-state index is -1.48. The third-order valence-electron chi connectivity index (χ3n) is 21.1. The number of aliphatic hydroxyl groups is 1. The Labute approximate surface area is 642 Å². The molecule has 1 aliphatic carbocycles. The normalized spacial score (nSPS) is 17.4. The van der Waals surface area contributed by atoms with Crippen LogP contribution in [0.5, 0.6) is 28.7 Å². The highest BCUT2D eigenvalue weighted by Crippen LogP contribution is 2.57. The fourth-order valence-electron chi connectivity index (χ4n) is 14.8. The van der Waals surface area contributed by atoms with Gasteiger partial charge in [-0.15, -0.1) is 5.10 Å². The van der Waals surface area contributed by atoms with E-state index in [1.807, 2.05) is 104 Å². The topological polar surface area (TPSA) is 345 Å². The molecule has 5 atom stereocenters. The molecule has 111 heavy (non-hydrogen) atoms. The van der Waals surface area contributed by atoms with Crippen LogP contribution in [0.1, 0.15) is 136 Å². The molecule has 0 bridgehead atoms. The van der Waals surface area contributed by atoms with Crippen molar-refractivity contribution in [2.24, 2.45) is 11.3 Å². The number of carbonyl (C=O) groups is 9. The molecule has 1 saturated heterocycles. The first-order chi connectivity index (χ1) is 53.5. The van der Waals surface area contributed by atoms with Crippen molar-refractivity contribution in [2.75, 3.05) is 81.2 Å². The second-order valence-corrected chi connectivity index (χ2v) is 29.4. The van der Waals surface area contributed by atoms with E-state index in [0.717, 1.165) is 57.0 Å². The molecule has 9 amide bonds. The maximum absolute atomic E-state index is 14.5. The summed E-state index contributed by atoms with van der Waals surface area (Å²) in [6.45, 7) is 9.35. The number of nitrogens with zero attached hydrogens (tertiary/aromatic N) is 7. The summed E-state index contributed by atoms with van der Waals surface area (Å²) < 4.78 is 37.1. The maximum Gasteiger partial charge on any atom is 0.416 e. The predicted octanol–water partition coefficient (Wildman–Crippen LogP) is 9.14. The first kappa shape index (κ1) is 77.2. The first-order valence-electron chi connectivity index (χ1n) is 37.6. The summed E-state index contributed by atoms with van der Waals surface area (Å²) in [5, 5.41) is 37.7. The van der Waals surface area contributed by atoms with Crippen LogP contribution in [0.4, 0.5) is 27.5 Å². The van der Waals surface area contributed by atoms with Crippen LogP contribution >= 0.6 is 0 Å². The first-order valence-corrected chi connectivity index (χ1v) is 37.6. The fraction of sp³-hybridized carbons (Fsp3) is 0.402. The largest absolute Gasteiger partial charge is 0.497 e. The Hall–Kier alpha value is -12.0. The van der Waals surface area contributed by atoms with Gasteiger partial charge in [0.05, 0.1) is 100 Å². The van der Waals surface area contributed by atoms with Gasteiger partial charge in [-0.2, -0.15) is 0 Å². The number of nitrogens with one attached hydrogen (secondary N) is 6. The van der Waals surface area contributed by atoms with E-state index in [0.29, 0.717) is 97.2 Å². The highest BCUT2D eigenvalue weighted by atomic mass is 16.6. The van der Waals surface area contributed by atoms with Crippen molar-refractivity contribution in [1.82, 2.24) is 46.1 Å². The monoisotopic (exact) mass is 1520 g/mol. The van der Waals surface area contributed by atoms with Crippen molar-refractivity contribution in [3.63, 3.8) is 0 Å². The third kappa shape index (κ3) is 16.9. The second-order valence-electron chi connectivity index (χ2n) is 29.4. The van der Waals surface area contributed by atoms with Crippen molar-refractivity contribution in [3.8, 4) is 51.3 Å². The van der Waals surface area contributed by atoms with E-state index in [1.54, 1.807) is 66.0 Å². The molecule has 0 unspecified atom stereocenters. The van der Waals surface area contributed by atoms with E-state index in [-0.39, 0.29) is 90.6 Å². The van der Waals surface area contributed by atoms with Crippen LogP contribution in [0, 0.1) is 11.3 Å². The Kier molecular flexibility index (Phi) is 23.3. The van der Waals surface area contributed by atoms with Crippen LogP contribution in [0.3, 0.4) is 0 Å². The summed E-state index contributed by atoms with van der Waals surface area (Å²) in [5.74, 6) is -2.28. The van der Waals surface area contributed by atoms with Crippen LogP contribution in [0.2, 0.25) is 0 Å². The van der Waals surface area contributed by atoms with Gasteiger partial charge in [0.15, 0.2) is 29.2 Å². The number of amides is 9. The zero-order valence-corrected chi connectivity index (χ0v) is 63.4. The number of methoxy groups -OCH3 is 3. The van der Waals surface area contributed by atoms with Gasteiger partial charge in [0, 0.05) is 67.1 Å². The van der Waals surface area contributed by atoms with Crippen molar-refractivity contribution >= 4 is 81.7 Å². The molecule has 1 aromatic heterocycles. The molecule has 6 aromatic carbocycles. The fourth-order valence-corrected chi connectivity index (χ4v) is 14.8. The quantitative estimate of drug-likeness (QED) is 0.0225. The Morgan fingerprint density at radius 3 is 2.05 bits per heavy atom. The average Bonchev–Trinajstić information content (AvgIpc) is 1.58. The van der Waals surface area contributed by atoms with E-state index in [1.165, 1.54) is 33.3 Å². The van der Waals surface area contributed by atoms with Gasteiger partial charge in [0.25, 0.3) is 11.8 Å². The number of para-hydroxylation sites is 1. The Morgan fingerprint density at radius 1 is 0.676 bits per heavy atom. The molecule has 6 aliphatic rings. The number of aliphatic hydroxyl groups excluding tert-OH is 1. The zero-order chi connectivity index (χ0) is 78.4. The summed E-state index contributed by atoms with van der Waals surface area (Å²) in [4.78, 5) is 130. The van der Waals surface area contributed by atoms with Crippen molar-refractivity contribution in [2.45, 2.75) is 142 Å². The van der Waals surface area contributed by atoms with Gasteiger partial charge >= 0.3 is 6.09 Å². The Bertz CT molecular complexity index is 4750. The molecule has 582 valence electrons. The van der Waals surface area contributed by atoms with Gasteiger partial charge in [-0.1, -0.05) is 85.8 Å². The van der Waals surface area contributed by atoms with E-state index in [2.05, 4.69) is 42.2 Å². The minimum absolute atomic E-state index is 0.0284. The number of ether oxygens (including phenoxy) is 6. The minimum Gasteiger partial charge on any atom is -0.497 e. The molecule has 7 N–H and O–H groups in total. The van der Waals surface area contributed by atoms with Gasteiger partial charge < -0.3 is 80.1 Å². The molecule has 1 spiro atoms. The standard InChI is InChI=1S/C82H93N13O16/c1-47(2)73(88-71(98)42-85-70(97)41-84-69(96)28-29-72(99)92-43-52-16-10-11-17-57(52)74-75(95(48(3)4)90-89-74)58-18-12-13-19-62(58)92)77(101)86-49(5)76(100)87-54-24-20-50(21-25-54)45-111-81(105)94-63-38-68(66(108-8)36-60(63)79(103)93-46-82(30-31-82)39-64(93)80(94)104)110-33-15-9-14-32-109-67-37-61-59(35-65(67)107-7)78(102)91-44-53(34-55(91)40-83-61)51-22-26-56(106-6)27-23-51/h10-13,16-27,35-38,44,47-49,55,64,73,80,83,104H,9,14-15,28-34,39-43,45-46H2,1-8H3,(H,84,96)(H,85,97)(H,86,101)(H,87,100)(H,88,98)/t49-,55-,64-,73-,80-/m0/s1. The van der Waals surface area contributed by atoms with E-state index < -0.39 is 79.0 Å². The summed E-state index contributed by atoms with van der Waals surface area (Å²) >= 11 is 0. The number of carbonyl (C=O) groups excluding carboxylic acids is 9. The number of aromatic nitrogens is 3. The highest BCUT2D eigenvalue weighted by molar-refractivity contribution is 6.07. The van der Waals surface area contributed by atoms with Crippen LogP contribution in [-0.4, -0.2) is 174 Å². The van der Waals surface area contributed by atoms with Gasteiger partial charge in [-0.25, -0.2) is 14.4 Å². The van der Waals surface area contributed by atoms with Gasteiger partial charge in [0.2, 0.25) is 35.4 Å². The molecule has 29 heteroatoms. The molecule has 29 nitrogen and oxygen atoms in total. The summed E-state index contributed by atoms with van der Waals surface area (Å²) in [6.07, 6.45) is 4.03. The molecule has 13 rings (SSSR count). The smallest absolute Gasteiger partial charge is 0.416 e. The van der Waals surface area contributed by atoms with Crippen molar-refractivity contribution in [3.05, 3.63) is 155 Å². The van der Waals surface area contributed by atoms with Gasteiger partial charge in [0.1, 0.15) is 30.1 Å². The summed E-state index contributed by atoms with van der Waals surface area (Å²) in [5.41, 5.74) is 8.76. The van der Waals surface area contributed by atoms with E-state index in [9.17, 15) is 48.3 Å².